The van der Waals surface area contributed by atoms with Crippen LogP contribution < -0.4 is 0 Å². The summed E-state index contributed by atoms with van der Waals surface area (Å²) in [6, 6.07) is 53.4. The van der Waals surface area contributed by atoms with Crippen molar-refractivity contribution in [1.29, 1.82) is 0 Å². The standard InChI is InChI=1S/C41H27N/c1-26-29-17-10-18-30(37(29)25-38-33-13-3-2-11-31(33)32-12-4-5-16-36(32)41(26)38)27-21-23-28(24-22-27)42-39-19-8-6-14-34(39)35-15-7-9-20-40(35)42/h2-25H,1H3. The highest BCUT2D eigenvalue weighted by molar-refractivity contribution is 6.29. The summed E-state index contributed by atoms with van der Waals surface area (Å²) in [5.41, 5.74) is 7.48. The van der Waals surface area contributed by atoms with Crippen LogP contribution in [-0.4, -0.2) is 4.57 Å². The minimum absolute atomic E-state index is 1.18. The van der Waals surface area contributed by atoms with Crippen LogP contribution in [0.1, 0.15) is 5.56 Å². The number of benzene rings is 8. The van der Waals surface area contributed by atoms with Gasteiger partial charge in [-0.25, -0.2) is 0 Å². The third-order valence-corrected chi connectivity index (χ3v) is 9.16. The molecule has 0 spiro atoms. The van der Waals surface area contributed by atoms with E-state index in [0.717, 1.165) is 0 Å². The van der Waals surface area contributed by atoms with Crippen molar-refractivity contribution in [3.05, 3.63) is 151 Å². The number of nitrogens with zero attached hydrogens (tertiary/aromatic N) is 1. The van der Waals surface area contributed by atoms with Crippen molar-refractivity contribution >= 4 is 64.9 Å². The second kappa shape index (κ2) is 8.80. The highest BCUT2D eigenvalue weighted by Crippen LogP contribution is 2.42. The third kappa shape index (κ3) is 3.19. The van der Waals surface area contributed by atoms with E-state index in [1.54, 1.807) is 0 Å². The van der Waals surface area contributed by atoms with E-state index in [1.165, 1.54) is 87.3 Å². The lowest BCUT2D eigenvalue weighted by atomic mass is 9.87. The highest BCUT2D eigenvalue weighted by atomic mass is 15.0. The predicted molar refractivity (Wildman–Crippen MR) is 181 cm³/mol. The maximum absolute atomic E-state index is 2.43. The Morgan fingerprint density at radius 1 is 0.381 bits per heavy atom. The van der Waals surface area contributed by atoms with Crippen LogP contribution in [0.2, 0.25) is 0 Å². The van der Waals surface area contributed by atoms with Crippen molar-refractivity contribution in [3.8, 4) is 16.8 Å². The molecule has 9 aromatic rings. The van der Waals surface area contributed by atoms with E-state index < -0.39 is 0 Å². The Hall–Kier alpha value is -5.40. The molecule has 0 aliphatic heterocycles. The monoisotopic (exact) mass is 533 g/mol. The zero-order chi connectivity index (χ0) is 27.8. The molecule has 0 unspecified atom stereocenters. The molecule has 0 N–H and O–H groups in total. The Bertz CT molecular complexity index is 2460. The molecule has 196 valence electrons. The van der Waals surface area contributed by atoms with Gasteiger partial charge in [0.15, 0.2) is 0 Å². The summed E-state index contributed by atoms with van der Waals surface area (Å²) in [5, 5.41) is 13.1. The number of hydrogen-bond acceptors (Lipinski definition) is 0. The minimum atomic E-state index is 1.18. The molecule has 0 fully saturated rings. The SMILES string of the molecule is Cc1c2cccc(-c3ccc(-n4c5ccccc5c5ccccc54)cc3)c2cc2c3ccccc3c3ccccc3c12. The van der Waals surface area contributed by atoms with Gasteiger partial charge >= 0.3 is 0 Å². The molecule has 0 bridgehead atoms. The predicted octanol–water partition coefficient (Wildman–Crippen LogP) is 11.4. The molecular weight excluding hydrogens is 506 g/mol. The first kappa shape index (κ1) is 23.3. The van der Waals surface area contributed by atoms with E-state index in [2.05, 4.69) is 157 Å². The number of para-hydroxylation sites is 2. The summed E-state index contributed by atoms with van der Waals surface area (Å²) < 4.78 is 2.38. The van der Waals surface area contributed by atoms with E-state index in [-0.39, 0.29) is 0 Å². The molecule has 1 heterocycles. The Balaban J connectivity index is 1.29. The lowest BCUT2D eigenvalue weighted by Gasteiger charge is -2.17. The summed E-state index contributed by atoms with van der Waals surface area (Å²) in [4.78, 5) is 0. The van der Waals surface area contributed by atoms with Crippen LogP contribution in [0.5, 0.6) is 0 Å². The number of hydrogen-bond donors (Lipinski definition) is 0. The highest BCUT2D eigenvalue weighted by Gasteiger charge is 2.16. The van der Waals surface area contributed by atoms with Gasteiger partial charge in [-0.15, -0.1) is 0 Å². The molecule has 8 aromatic carbocycles. The van der Waals surface area contributed by atoms with Gasteiger partial charge in [0.25, 0.3) is 0 Å². The van der Waals surface area contributed by atoms with Crippen LogP contribution in [0, 0.1) is 6.92 Å². The molecular formula is C41H27N. The summed E-state index contributed by atoms with van der Waals surface area (Å²) in [7, 11) is 0. The van der Waals surface area contributed by atoms with Crippen LogP contribution in [0.3, 0.4) is 0 Å². The van der Waals surface area contributed by atoms with Gasteiger partial charge in [-0.2, -0.15) is 0 Å². The fourth-order valence-electron chi connectivity index (χ4n) is 7.29. The van der Waals surface area contributed by atoms with Gasteiger partial charge in [-0.1, -0.05) is 115 Å². The Morgan fingerprint density at radius 2 is 0.881 bits per heavy atom. The van der Waals surface area contributed by atoms with Crippen molar-refractivity contribution in [2.75, 3.05) is 0 Å². The summed E-state index contributed by atoms with van der Waals surface area (Å²) in [6.45, 7) is 2.29. The lowest BCUT2D eigenvalue weighted by molar-refractivity contribution is 1.18. The fraction of sp³-hybridized carbons (Fsp3) is 0.0244. The Kier molecular flexibility index (Phi) is 4.88. The molecule has 0 amide bonds. The third-order valence-electron chi connectivity index (χ3n) is 9.16. The van der Waals surface area contributed by atoms with Crippen LogP contribution in [0.15, 0.2) is 146 Å². The zero-order valence-corrected chi connectivity index (χ0v) is 23.3. The summed E-state index contributed by atoms with van der Waals surface area (Å²) >= 11 is 0. The van der Waals surface area contributed by atoms with Gasteiger partial charge in [0.05, 0.1) is 11.0 Å². The Morgan fingerprint density at radius 3 is 1.52 bits per heavy atom. The molecule has 9 rings (SSSR count). The van der Waals surface area contributed by atoms with Gasteiger partial charge in [0.1, 0.15) is 0 Å². The first-order valence-electron chi connectivity index (χ1n) is 14.6. The van der Waals surface area contributed by atoms with Gasteiger partial charge in [-0.05, 0) is 97.0 Å². The van der Waals surface area contributed by atoms with E-state index in [4.69, 9.17) is 0 Å². The minimum Gasteiger partial charge on any atom is -0.309 e. The quantitative estimate of drug-likeness (QED) is 0.154. The van der Waals surface area contributed by atoms with Crippen molar-refractivity contribution in [2.45, 2.75) is 6.92 Å². The molecule has 1 heteroatoms. The Labute approximate surface area is 243 Å². The lowest BCUT2D eigenvalue weighted by Crippen LogP contribution is -1.94. The maximum atomic E-state index is 2.43. The van der Waals surface area contributed by atoms with E-state index in [9.17, 15) is 0 Å². The first-order chi connectivity index (χ1) is 20.8. The van der Waals surface area contributed by atoms with Crippen LogP contribution in [0.4, 0.5) is 0 Å². The smallest absolute Gasteiger partial charge is 0.0541 e. The molecule has 0 saturated heterocycles. The van der Waals surface area contributed by atoms with Gasteiger partial charge < -0.3 is 4.57 Å². The molecule has 0 aliphatic carbocycles. The van der Waals surface area contributed by atoms with Gasteiger partial charge in [0.2, 0.25) is 0 Å². The van der Waals surface area contributed by atoms with Crippen molar-refractivity contribution < 1.29 is 0 Å². The average Bonchev–Trinajstić information content (AvgIpc) is 3.39. The molecule has 0 aliphatic rings. The van der Waals surface area contributed by atoms with E-state index in [0.29, 0.717) is 0 Å². The second-order valence-corrected chi connectivity index (χ2v) is 11.3. The zero-order valence-electron chi connectivity index (χ0n) is 23.3. The van der Waals surface area contributed by atoms with Gasteiger partial charge in [0, 0.05) is 16.5 Å². The topological polar surface area (TPSA) is 4.93 Å². The normalized spacial score (nSPS) is 11.9. The van der Waals surface area contributed by atoms with Gasteiger partial charge in [-0.3, -0.25) is 0 Å². The van der Waals surface area contributed by atoms with E-state index in [1.807, 2.05) is 0 Å². The fourth-order valence-corrected chi connectivity index (χ4v) is 7.29. The number of fused-ring (bicyclic) bond motifs is 10. The van der Waals surface area contributed by atoms with Crippen LogP contribution in [-0.2, 0) is 0 Å². The molecule has 42 heavy (non-hydrogen) atoms. The van der Waals surface area contributed by atoms with Crippen molar-refractivity contribution in [3.63, 3.8) is 0 Å². The van der Waals surface area contributed by atoms with Crippen molar-refractivity contribution in [1.82, 2.24) is 4.57 Å². The number of rotatable bonds is 2. The molecule has 0 atom stereocenters. The largest absolute Gasteiger partial charge is 0.309 e. The van der Waals surface area contributed by atoms with Crippen molar-refractivity contribution in [2.24, 2.45) is 0 Å². The van der Waals surface area contributed by atoms with Crippen LogP contribution in [0.25, 0.3) is 81.7 Å². The summed E-state index contributed by atoms with van der Waals surface area (Å²) in [5.74, 6) is 0. The molecule has 1 aromatic heterocycles. The molecule has 0 saturated carbocycles. The first-order valence-corrected chi connectivity index (χ1v) is 14.6. The summed E-state index contributed by atoms with van der Waals surface area (Å²) in [6.07, 6.45) is 0. The van der Waals surface area contributed by atoms with E-state index >= 15 is 0 Å². The average molecular weight is 534 g/mol. The van der Waals surface area contributed by atoms with Crippen LogP contribution >= 0.6 is 0 Å². The second-order valence-electron chi connectivity index (χ2n) is 11.3. The molecule has 0 radical (unpaired) electrons. The number of aromatic nitrogens is 1. The number of aryl methyl sites for hydroxylation is 1. The maximum Gasteiger partial charge on any atom is 0.0541 e. The molecule has 1 nitrogen and oxygen atoms in total.